The van der Waals surface area contributed by atoms with Crippen LogP contribution in [-0.2, 0) is 39.1 Å². The third-order valence-corrected chi connectivity index (χ3v) is 7.88. The van der Waals surface area contributed by atoms with Crippen molar-refractivity contribution in [1.29, 1.82) is 0 Å². The third kappa shape index (κ3) is 6.00. The molecule has 1 amide bonds. The SMILES string of the molecule is Nc1ncnc2c1ncn2[C@@H]1O[C@@H]2CO[P@](=O)(OCc3ccc(C(=O)N(CC(=O)O)CC(=O)O)cc3[N+](=O)[O-])O[C@H]2[C@H]1O. The molecule has 0 aliphatic carbocycles. The number of carboxylic acids is 2. The number of carbonyl (C=O) groups excluding carboxylic acids is 1. The first-order valence-corrected chi connectivity index (χ1v) is 13.7. The van der Waals surface area contributed by atoms with Gasteiger partial charge in [0.1, 0.15) is 43.2 Å². The molecule has 2 aliphatic rings. The summed E-state index contributed by atoms with van der Waals surface area (Å²) in [5.41, 5.74) is 5.13. The predicted octanol–water partition coefficient (Wildman–Crippen LogP) is -0.0733. The predicted molar refractivity (Wildman–Crippen MR) is 137 cm³/mol. The Morgan fingerprint density at radius 2 is 1.93 bits per heavy atom. The molecule has 2 saturated heterocycles. The minimum atomic E-state index is -4.41. The highest BCUT2D eigenvalue weighted by atomic mass is 31.2. The van der Waals surface area contributed by atoms with E-state index < -0.39 is 80.5 Å². The number of rotatable bonds is 10. The molecule has 20 nitrogen and oxygen atoms in total. The fourth-order valence-electron chi connectivity index (χ4n) is 4.53. The molecule has 0 unspecified atom stereocenters. The summed E-state index contributed by atoms with van der Waals surface area (Å²) in [5, 5.41) is 40.7. The van der Waals surface area contributed by atoms with E-state index in [1.165, 1.54) is 17.2 Å². The highest BCUT2D eigenvalue weighted by Gasteiger charge is 2.53. The molecule has 0 saturated carbocycles. The summed E-state index contributed by atoms with van der Waals surface area (Å²) in [6.45, 7) is -2.95. The maximum atomic E-state index is 13.3. The van der Waals surface area contributed by atoms with E-state index >= 15 is 0 Å². The number of aliphatic carboxylic acids is 2. The number of carbonyl (C=O) groups is 3. The van der Waals surface area contributed by atoms with Crippen LogP contribution in [0.5, 0.6) is 0 Å². The van der Waals surface area contributed by atoms with Crippen molar-refractivity contribution >= 4 is 48.3 Å². The van der Waals surface area contributed by atoms with Gasteiger partial charge < -0.3 is 30.7 Å². The number of aromatic nitrogens is 4. The smallest absolute Gasteiger partial charge is 0.475 e. The second kappa shape index (κ2) is 11.6. The summed E-state index contributed by atoms with van der Waals surface area (Å²) in [5.74, 6) is -3.96. The van der Waals surface area contributed by atoms with E-state index in [1.807, 2.05) is 0 Å². The Hall–Kier alpha value is -4.59. The van der Waals surface area contributed by atoms with Crippen molar-refractivity contribution in [2.24, 2.45) is 0 Å². The van der Waals surface area contributed by atoms with Gasteiger partial charge in [-0.2, -0.15) is 0 Å². The highest BCUT2D eigenvalue weighted by molar-refractivity contribution is 7.48. The number of aliphatic hydroxyl groups excluding tert-OH is 1. The van der Waals surface area contributed by atoms with Gasteiger partial charge in [-0.1, -0.05) is 0 Å². The summed E-state index contributed by atoms with van der Waals surface area (Å²) in [6, 6.07) is 2.98. The Kier molecular flexibility index (Phi) is 8.06. The van der Waals surface area contributed by atoms with Gasteiger partial charge in [0.05, 0.1) is 30.0 Å². The number of nitro benzene ring substituents is 1. The second-order valence-electron chi connectivity index (χ2n) is 9.27. The van der Waals surface area contributed by atoms with Gasteiger partial charge in [0.2, 0.25) is 0 Å². The third-order valence-electron chi connectivity index (χ3n) is 6.46. The lowest BCUT2D eigenvalue weighted by atomic mass is 10.1. The van der Waals surface area contributed by atoms with Crippen LogP contribution in [0.4, 0.5) is 11.5 Å². The number of hydrogen-bond acceptors (Lipinski definition) is 15. The molecular weight excluding hydrogens is 601 g/mol. The summed E-state index contributed by atoms with van der Waals surface area (Å²) in [6.07, 6.45) is -2.05. The number of imidazole rings is 1. The lowest BCUT2D eigenvalue weighted by Crippen LogP contribution is -2.39. The first-order valence-electron chi connectivity index (χ1n) is 12.2. The van der Waals surface area contributed by atoms with Crippen LogP contribution in [-0.4, -0.2) is 101 Å². The molecule has 228 valence electrons. The molecule has 3 aromatic rings. The fraction of sp³-hybridized carbons (Fsp3) is 0.364. The zero-order chi connectivity index (χ0) is 31.1. The molecule has 43 heavy (non-hydrogen) atoms. The van der Waals surface area contributed by atoms with Gasteiger partial charge in [-0.3, -0.25) is 42.6 Å². The quantitative estimate of drug-likeness (QED) is 0.130. The van der Waals surface area contributed by atoms with Crippen LogP contribution in [0.25, 0.3) is 11.2 Å². The van der Waals surface area contributed by atoms with Gasteiger partial charge in [-0.05, 0) is 12.1 Å². The average Bonchev–Trinajstić information content (AvgIpc) is 3.52. The lowest BCUT2D eigenvalue weighted by Gasteiger charge is -2.30. The van der Waals surface area contributed by atoms with E-state index in [0.29, 0.717) is 4.90 Å². The van der Waals surface area contributed by atoms with Gasteiger partial charge >= 0.3 is 19.8 Å². The van der Waals surface area contributed by atoms with Crippen LogP contribution in [0.3, 0.4) is 0 Å². The summed E-state index contributed by atoms with van der Waals surface area (Å²) >= 11 is 0. The van der Waals surface area contributed by atoms with Gasteiger partial charge in [0.25, 0.3) is 11.6 Å². The molecule has 1 aromatic carbocycles. The van der Waals surface area contributed by atoms with E-state index in [1.54, 1.807) is 0 Å². The number of nitrogen functional groups attached to an aromatic ring is 1. The molecule has 0 radical (unpaired) electrons. The van der Waals surface area contributed by atoms with E-state index in [2.05, 4.69) is 15.0 Å². The molecular formula is C22H22N7O13P. The van der Waals surface area contributed by atoms with Gasteiger partial charge in [0, 0.05) is 11.6 Å². The summed E-state index contributed by atoms with van der Waals surface area (Å²) < 4.78 is 36.5. The maximum absolute atomic E-state index is 13.3. The summed E-state index contributed by atoms with van der Waals surface area (Å²) in [4.78, 5) is 58.2. The van der Waals surface area contributed by atoms with Crippen LogP contribution in [0.1, 0.15) is 22.1 Å². The van der Waals surface area contributed by atoms with Crippen molar-refractivity contribution in [2.45, 2.75) is 31.1 Å². The van der Waals surface area contributed by atoms with E-state index in [0.717, 1.165) is 18.2 Å². The van der Waals surface area contributed by atoms with Crippen molar-refractivity contribution in [2.75, 3.05) is 25.4 Å². The lowest BCUT2D eigenvalue weighted by molar-refractivity contribution is -0.385. The molecule has 2 aliphatic heterocycles. The van der Waals surface area contributed by atoms with Crippen molar-refractivity contribution < 1.29 is 57.5 Å². The number of fused-ring (bicyclic) bond motifs is 2. The number of carboxylic acid groups (broad SMARTS) is 2. The molecule has 5 N–H and O–H groups in total. The maximum Gasteiger partial charge on any atom is 0.475 e. The van der Waals surface area contributed by atoms with E-state index in [9.17, 15) is 34.2 Å². The summed E-state index contributed by atoms with van der Waals surface area (Å²) in [7, 11) is -4.41. The normalized spacial score (nSPS) is 24.9. The standard InChI is InChI=1S/C22H22N7O13P/c23-19-16-20(25-8-24-19)28(9-26-16)22-17(34)18-13(41-22)7-40-43(38,42-18)39-6-11-2-1-10(3-12(11)29(36)37)21(35)27(4-14(30)31)5-15(32)33/h1-3,8-9,13,17-18,22,34H,4-7H2,(H,30,31)(H,32,33)(H2,23,24,25)/t13-,17-,18-,22-,43+/m1/s1. The minimum absolute atomic E-state index is 0.107. The van der Waals surface area contributed by atoms with Crippen LogP contribution in [0.15, 0.2) is 30.9 Å². The number of aliphatic hydroxyl groups is 1. The van der Waals surface area contributed by atoms with Gasteiger partial charge in [0.15, 0.2) is 17.7 Å². The topological polar surface area (TPSA) is 282 Å². The monoisotopic (exact) mass is 623 g/mol. The number of phosphoric ester groups is 1. The number of phosphoric acid groups is 1. The van der Waals surface area contributed by atoms with Gasteiger partial charge in [-0.15, -0.1) is 0 Å². The number of nitrogens with two attached hydrogens (primary N) is 1. The zero-order valence-electron chi connectivity index (χ0n) is 21.7. The van der Waals surface area contributed by atoms with E-state index in [-0.39, 0.29) is 34.7 Å². The number of hydrogen-bond donors (Lipinski definition) is 4. The number of amides is 1. The molecule has 0 bridgehead atoms. The van der Waals surface area contributed by atoms with Crippen molar-refractivity contribution in [3.05, 3.63) is 52.1 Å². The van der Waals surface area contributed by atoms with Crippen LogP contribution >= 0.6 is 7.82 Å². The Morgan fingerprint density at radius 1 is 1.21 bits per heavy atom. The number of nitro groups is 1. The minimum Gasteiger partial charge on any atom is -0.480 e. The number of benzene rings is 1. The Labute approximate surface area is 239 Å². The number of ether oxygens (including phenoxy) is 1. The average molecular weight is 623 g/mol. The Bertz CT molecular complexity index is 1650. The molecule has 2 aromatic heterocycles. The first-order chi connectivity index (χ1) is 20.4. The van der Waals surface area contributed by atoms with Crippen LogP contribution in [0, 0.1) is 10.1 Å². The largest absolute Gasteiger partial charge is 0.480 e. The van der Waals surface area contributed by atoms with E-state index in [4.69, 9.17) is 34.3 Å². The molecule has 21 heteroatoms. The molecule has 5 atom stereocenters. The molecule has 5 rings (SSSR count). The van der Waals surface area contributed by atoms with Crippen molar-refractivity contribution in [3.63, 3.8) is 0 Å². The molecule has 2 fully saturated rings. The second-order valence-corrected chi connectivity index (χ2v) is 10.9. The Balaban J connectivity index is 1.30. The van der Waals surface area contributed by atoms with Gasteiger partial charge in [-0.25, -0.2) is 19.5 Å². The first kappa shape index (κ1) is 29.9. The number of nitrogens with zero attached hydrogens (tertiary/aromatic N) is 6. The van der Waals surface area contributed by atoms with Crippen LogP contribution < -0.4 is 5.73 Å². The highest BCUT2D eigenvalue weighted by Crippen LogP contribution is 2.57. The van der Waals surface area contributed by atoms with Crippen molar-refractivity contribution in [3.8, 4) is 0 Å². The number of anilines is 1. The molecule has 0 spiro atoms. The zero-order valence-corrected chi connectivity index (χ0v) is 22.6. The molecule has 4 heterocycles. The Morgan fingerprint density at radius 3 is 2.60 bits per heavy atom. The fourth-order valence-corrected chi connectivity index (χ4v) is 5.91. The van der Waals surface area contributed by atoms with Crippen molar-refractivity contribution in [1.82, 2.24) is 24.4 Å². The van der Waals surface area contributed by atoms with Crippen LogP contribution in [0.2, 0.25) is 0 Å².